The van der Waals surface area contributed by atoms with Crippen molar-refractivity contribution < 1.29 is 8.78 Å². The van der Waals surface area contributed by atoms with Crippen LogP contribution in [0.4, 0.5) is 8.78 Å². The molecule has 0 fully saturated rings. The Morgan fingerprint density at radius 1 is 1.00 bits per heavy atom. The van der Waals surface area contributed by atoms with Crippen LogP contribution in [-0.4, -0.2) is 6.17 Å². The largest absolute Gasteiger partial charge is 0.356 e. The number of hydrogen-bond acceptors (Lipinski definition) is 1. The average molecular weight is 283 g/mol. The molecule has 1 heterocycles. The van der Waals surface area contributed by atoms with Gasteiger partial charge in [-0.05, 0) is 23.3 Å². The molecule has 0 radical (unpaired) electrons. The summed E-state index contributed by atoms with van der Waals surface area (Å²) in [5, 5.41) is 2.94. The van der Waals surface area contributed by atoms with Crippen LogP contribution in [0.3, 0.4) is 0 Å². The van der Waals surface area contributed by atoms with Gasteiger partial charge in [-0.3, -0.25) is 0 Å². The molecular weight excluding hydrogens is 268 g/mol. The summed E-state index contributed by atoms with van der Waals surface area (Å²) >= 11 is 0. The van der Waals surface area contributed by atoms with Crippen molar-refractivity contribution in [2.45, 2.75) is 12.6 Å². The van der Waals surface area contributed by atoms with Crippen LogP contribution in [0.2, 0.25) is 0 Å². The summed E-state index contributed by atoms with van der Waals surface area (Å²) in [7, 11) is 0. The molecule has 1 nitrogen and oxygen atoms in total. The lowest BCUT2D eigenvalue weighted by atomic mass is 9.91. The van der Waals surface area contributed by atoms with Crippen molar-refractivity contribution in [3.63, 3.8) is 0 Å². The number of alkyl halides is 1. The molecule has 0 bridgehead atoms. The highest BCUT2D eigenvalue weighted by Gasteiger charge is 2.26. The highest BCUT2D eigenvalue weighted by molar-refractivity contribution is 5.92. The van der Waals surface area contributed by atoms with Crippen LogP contribution >= 0.6 is 0 Å². The second kappa shape index (κ2) is 5.52. The number of nitrogens with one attached hydrogen (secondary N) is 1. The molecule has 0 saturated carbocycles. The molecular formula is C18H15F2N. The number of hydrogen-bond donors (Lipinski definition) is 1. The minimum Gasteiger partial charge on any atom is -0.356 e. The lowest BCUT2D eigenvalue weighted by molar-refractivity contribution is 0.374. The monoisotopic (exact) mass is 283 g/mol. The van der Waals surface area contributed by atoms with Crippen molar-refractivity contribution >= 4 is 11.3 Å². The Labute approximate surface area is 122 Å². The molecule has 1 unspecified atom stereocenters. The molecule has 0 aromatic heterocycles. The highest BCUT2D eigenvalue weighted by Crippen LogP contribution is 2.35. The standard InChI is InChI=1S/C18H15F2N/c1-12-17(20)11-15(13-7-3-2-4-8-13)18(21-12)14-9-5-6-10-16(14)19/h2-10,17,21H,1,11H2. The zero-order valence-electron chi connectivity index (χ0n) is 11.4. The smallest absolute Gasteiger partial charge is 0.143 e. The summed E-state index contributed by atoms with van der Waals surface area (Å²) in [6, 6.07) is 16.0. The third-order valence-corrected chi connectivity index (χ3v) is 3.61. The Morgan fingerprint density at radius 3 is 2.38 bits per heavy atom. The Morgan fingerprint density at radius 2 is 1.67 bits per heavy atom. The molecule has 1 aliphatic rings. The van der Waals surface area contributed by atoms with Gasteiger partial charge in [0, 0.05) is 17.7 Å². The van der Waals surface area contributed by atoms with Gasteiger partial charge in [-0.1, -0.05) is 49.0 Å². The molecule has 0 saturated heterocycles. The molecule has 3 rings (SSSR count). The van der Waals surface area contributed by atoms with E-state index in [4.69, 9.17) is 0 Å². The van der Waals surface area contributed by atoms with E-state index in [0.717, 1.165) is 11.1 Å². The van der Waals surface area contributed by atoms with Crippen molar-refractivity contribution in [2.75, 3.05) is 0 Å². The maximum Gasteiger partial charge on any atom is 0.143 e. The molecule has 0 aliphatic carbocycles. The van der Waals surface area contributed by atoms with Gasteiger partial charge in [0.05, 0.1) is 5.70 Å². The van der Waals surface area contributed by atoms with Gasteiger partial charge in [0.2, 0.25) is 0 Å². The summed E-state index contributed by atoms with van der Waals surface area (Å²) in [5.41, 5.74) is 2.95. The first kappa shape index (κ1) is 13.6. The maximum absolute atomic E-state index is 14.1. The lowest BCUT2D eigenvalue weighted by Crippen LogP contribution is -2.26. The van der Waals surface area contributed by atoms with Crippen LogP contribution < -0.4 is 5.32 Å². The molecule has 106 valence electrons. The lowest BCUT2D eigenvalue weighted by Gasteiger charge is -2.27. The van der Waals surface area contributed by atoms with E-state index in [1.165, 1.54) is 6.07 Å². The fraction of sp³-hybridized carbons (Fsp3) is 0.111. The van der Waals surface area contributed by atoms with Crippen LogP contribution in [0.5, 0.6) is 0 Å². The van der Waals surface area contributed by atoms with E-state index >= 15 is 0 Å². The fourth-order valence-corrected chi connectivity index (χ4v) is 2.51. The van der Waals surface area contributed by atoms with Crippen molar-refractivity contribution in [3.8, 4) is 0 Å². The average Bonchev–Trinajstić information content (AvgIpc) is 2.51. The van der Waals surface area contributed by atoms with Crippen LogP contribution in [-0.2, 0) is 0 Å². The van der Waals surface area contributed by atoms with Gasteiger partial charge in [0.25, 0.3) is 0 Å². The predicted octanol–water partition coefficient (Wildman–Crippen LogP) is 4.54. The predicted molar refractivity (Wildman–Crippen MR) is 81.4 cm³/mol. The minimum atomic E-state index is -1.17. The molecule has 2 aromatic carbocycles. The van der Waals surface area contributed by atoms with Crippen LogP contribution in [0.15, 0.2) is 66.9 Å². The molecule has 21 heavy (non-hydrogen) atoms. The van der Waals surface area contributed by atoms with E-state index in [-0.39, 0.29) is 17.9 Å². The van der Waals surface area contributed by atoms with Crippen molar-refractivity contribution in [1.29, 1.82) is 0 Å². The maximum atomic E-state index is 14.1. The van der Waals surface area contributed by atoms with Crippen LogP contribution in [0.1, 0.15) is 17.5 Å². The Bertz CT molecular complexity index is 704. The zero-order valence-corrected chi connectivity index (χ0v) is 11.4. The number of rotatable bonds is 2. The Hall–Kier alpha value is -2.42. The summed E-state index contributed by atoms with van der Waals surface area (Å²) in [6.45, 7) is 3.69. The van der Waals surface area contributed by atoms with Gasteiger partial charge in [-0.15, -0.1) is 0 Å². The van der Waals surface area contributed by atoms with Gasteiger partial charge in [0.1, 0.15) is 12.0 Å². The second-order valence-electron chi connectivity index (χ2n) is 5.02. The van der Waals surface area contributed by atoms with Gasteiger partial charge >= 0.3 is 0 Å². The van der Waals surface area contributed by atoms with Gasteiger partial charge < -0.3 is 5.32 Å². The first-order valence-electron chi connectivity index (χ1n) is 6.80. The van der Waals surface area contributed by atoms with E-state index < -0.39 is 6.17 Å². The number of allylic oxidation sites excluding steroid dienone is 2. The molecule has 1 atom stereocenters. The summed E-state index contributed by atoms with van der Waals surface area (Å²) in [4.78, 5) is 0. The molecule has 1 aliphatic heterocycles. The van der Waals surface area contributed by atoms with Crippen molar-refractivity contribution in [3.05, 3.63) is 83.8 Å². The summed E-state index contributed by atoms with van der Waals surface area (Å²) < 4.78 is 28.1. The van der Waals surface area contributed by atoms with Gasteiger partial charge in [-0.2, -0.15) is 0 Å². The van der Waals surface area contributed by atoms with Crippen LogP contribution in [0.25, 0.3) is 11.3 Å². The molecule has 0 spiro atoms. The third kappa shape index (κ3) is 2.59. The van der Waals surface area contributed by atoms with Gasteiger partial charge in [-0.25, -0.2) is 8.78 Å². The first-order valence-corrected chi connectivity index (χ1v) is 6.80. The quantitative estimate of drug-likeness (QED) is 0.853. The topological polar surface area (TPSA) is 12.0 Å². The summed E-state index contributed by atoms with van der Waals surface area (Å²) in [6.07, 6.45) is -0.977. The fourth-order valence-electron chi connectivity index (χ4n) is 2.51. The number of halogens is 2. The molecule has 3 heteroatoms. The normalized spacial score (nSPS) is 18.6. The van der Waals surface area contributed by atoms with Gasteiger partial charge in [0.15, 0.2) is 0 Å². The van der Waals surface area contributed by atoms with E-state index in [1.807, 2.05) is 30.3 Å². The van der Waals surface area contributed by atoms with Crippen molar-refractivity contribution in [2.24, 2.45) is 0 Å². The van der Waals surface area contributed by atoms with E-state index in [1.54, 1.807) is 18.2 Å². The van der Waals surface area contributed by atoms with Crippen LogP contribution in [0, 0.1) is 5.82 Å². The molecule has 2 aromatic rings. The molecule has 1 N–H and O–H groups in total. The van der Waals surface area contributed by atoms with E-state index in [9.17, 15) is 8.78 Å². The van der Waals surface area contributed by atoms with E-state index in [0.29, 0.717) is 11.3 Å². The minimum absolute atomic E-state index is 0.194. The Balaban J connectivity index is 2.19. The molecule has 0 amide bonds. The summed E-state index contributed by atoms with van der Waals surface area (Å²) in [5.74, 6) is -0.335. The number of benzene rings is 2. The zero-order chi connectivity index (χ0) is 14.8. The van der Waals surface area contributed by atoms with Crippen molar-refractivity contribution in [1.82, 2.24) is 5.32 Å². The highest BCUT2D eigenvalue weighted by atomic mass is 19.1. The van der Waals surface area contributed by atoms with E-state index in [2.05, 4.69) is 11.9 Å². The second-order valence-corrected chi connectivity index (χ2v) is 5.02. The third-order valence-electron chi connectivity index (χ3n) is 3.61. The Kier molecular flexibility index (Phi) is 3.57. The first-order chi connectivity index (χ1) is 10.2. The SMILES string of the molecule is C=C1NC(c2ccccc2F)=C(c2ccccc2)CC1F.